The van der Waals surface area contributed by atoms with Crippen LogP contribution >= 0.6 is 11.3 Å². The van der Waals surface area contributed by atoms with Gasteiger partial charge < -0.3 is 4.74 Å². The fourth-order valence-corrected chi connectivity index (χ4v) is 3.85. The van der Waals surface area contributed by atoms with Crippen LogP contribution in [0.15, 0.2) is 77.6 Å². The van der Waals surface area contributed by atoms with Crippen LogP contribution in [0.25, 0.3) is 10.2 Å². The molecule has 133 valence electrons. The smallest absolute Gasteiger partial charge is 0.308 e. The number of thiazole rings is 1. The van der Waals surface area contributed by atoms with Crippen molar-refractivity contribution in [1.82, 2.24) is 4.57 Å². The summed E-state index contributed by atoms with van der Waals surface area (Å²) in [6.07, 6.45) is 0. The first-order valence-electron chi connectivity index (χ1n) is 8.54. The van der Waals surface area contributed by atoms with E-state index in [1.165, 1.54) is 0 Å². The Labute approximate surface area is 160 Å². The monoisotopic (exact) mass is 374 g/mol. The normalized spacial score (nSPS) is 10.8. The molecular weight excluding hydrogens is 358 g/mol. The fourth-order valence-electron chi connectivity index (χ4n) is 2.90. The lowest BCUT2D eigenvalue weighted by Crippen LogP contribution is -2.17. The third-order valence-electron chi connectivity index (χ3n) is 4.23. The van der Waals surface area contributed by atoms with Crippen LogP contribution in [0.5, 0.6) is 5.75 Å². The number of nitrogens with zero attached hydrogens (tertiary/aromatic N) is 1. The summed E-state index contributed by atoms with van der Waals surface area (Å²) in [7, 11) is 0. The average Bonchev–Trinajstić information content (AvgIpc) is 3.03. The average molecular weight is 374 g/mol. The Hall–Kier alpha value is -3.18. The number of ketones is 1. The quantitative estimate of drug-likeness (QED) is 0.476. The number of carbonyl (C=O) groups is 1. The van der Waals surface area contributed by atoms with E-state index in [2.05, 4.69) is 6.07 Å². The maximum Gasteiger partial charge on any atom is 0.308 e. The van der Waals surface area contributed by atoms with E-state index in [1.54, 1.807) is 41.0 Å². The summed E-state index contributed by atoms with van der Waals surface area (Å²) in [5, 5.41) is 0. The number of hydrogen-bond donors (Lipinski definition) is 0. The standard InChI is InChI=1S/C22H16NO3S/c24-21(16-7-3-1-4-8-16)17-11-12-19-20(15-17)27-22(25)23(19)13-14-26-18-9-5-2-6-10-18/h1-5,7-12,15H,13-14H2. The first-order chi connectivity index (χ1) is 13.2. The van der Waals surface area contributed by atoms with Gasteiger partial charge in [-0.15, -0.1) is 0 Å². The third-order valence-corrected chi connectivity index (χ3v) is 5.17. The topological polar surface area (TPSA) is 48.3 Å². The van der Waals surface area contributed by atoms with Crippen molar-refractivity contribution in [2.24, 2.45) is 0 Å². The van der Waals surface area contributed by atoms with Crippen molar-refractivity contribution < 1.29 is 9.53 Å². The van der Waals surface area contributed by atoms with E-state index in [-0.39, 0.29) is 10.7 Å². The van der Waals surface area contributed by atoms with E-state index in [9.17, 15) is 9.59 Å². The molecule has 0 bridgehead atoms. The van der Waals surface area contributed by atoms with E-state index in [1.807, 2.05) is 36.4 Å². The van der Waals surface area contributed by atoms with Gasteiger partial charge in [-0.3, -0.25) is 14.2 Å². The minimum atomic E-state index is -0.0578. The summed E-state index contributed by atoms with van der Waals surface area (Å²) in [6.45, 7) is 0.827. The molecule has 1 aromatic heterocycles. The highest BCUT2D eigenvalue weighted by Gasteiger charge is 2.13. The fraction of sp³-hybridized carbons (Fsp3) is 0.0909. The summed E-state index contributed by atoms with van der Waals surface area (Å²) >= 11 is 1.15. The van der Waals surface area contributed by atoms with Gasteiger partial charge in [0.25, 0.3) is 0 Å². The molecule has 0 unspecified atom stereocenters. The maximum atomic E-state index is 12.6. The van der Waals surface area contributed by atoms with Gasteiger partial charge in [0.2, 0.25) is 0 Å². The second kappa shape index (κ2) is 7.60. The SMILES string of the molecule is O=C(c1ccccc1)c1ccc2c(c1)sc(=O)n2CCOc1c[c]ccc1. The van der Waals surface area contributed by atoms with Crippen LogP contribution < -0.4 is 9.61 Å². The first-order valence-corrected chi connectivity index (χ1v) is 9.36. The second-order valence-corrected chi connectivity index (χ2v) is 6.98. The Bertz CT molecular complexity index is 1130. The van der Waals surface area contributed by atoms with Crippen molar-refractivity contribution in [2.75, 3.05) is 6.61 Å². The molecule has 0 fully saturated rings. The van der Waals surface area contributed by atoms with Gasteiger partial charge in [0.05, 0.1) is 16.8 Å². The Balaban J connectivity index is 1.56. The summed E-state index contributed by atoms with van der Waals surface area (Å²) in [4.78, 5) is 24.9. The van der Waals surface area contributed by atoms with Crippen molar-refractivity contribution >= 4 is 27.3 Å². The first kappa shape index (κ1) is 17.2. The molecule has 0 N–H and O–H groups in total. The molecule has 0 saturated heterocycles. The van der Waals surface area contributed by atoms with Gasteiger partial charge in [-0.1, -0.05) is 53.8 Å². The Morgan fingerprint density at radius 2 is 1.89 bits per heavy atom. The van der Waals surface area contributed by atoms with Crippen LogP contribution in [0.2, 0.25) is 0 Å². The van der Waals surface area contributed by atoms with E-state index in [0.29, 0.717) is 24.3 Å². The molecule has 0 atom stereocenters. The van der Waals surface area contributed by atoms with E-state index in [0.717, 1.165) is 27.3 Å². The lowest BCUT2D eigenvalue weighted by molar-refractivity contribution is 0.103. The maximum absolute atomic E-state index is 12.6. The number of benzene rings is 3. The van der Waals surface area contributed by atoms with Crippen LogP contribution in [0.4, 0.5) is 0 Å². The molecule has 3 aromatic carbocycles. The largest absolute Gasteiger partial charge is 0.492 e. The summed E-state index contributed by atoms with van der Waals surface area (Å²) in [5.74, 6) is 0.675. The minimum absolute atomic E-state index is 0.0476. The number of carbonyl (C=O) groups excluding carboxylic acids is 1. The number of fused-ring (bicyclic) bond motifs is 1. The van der Waals surface area contributed by atoms with Crippen LogP contribution in [-0.2, 0) is 6.54 Å². The summed E-state index contributed by atoms with van der Waals surface area (Å²) in [6, 6.07) is 24.8. The molecule has 4 aromatic rings. The summed E-state index contributed by atoms with van der Waals surface area (Å²) in [5.41, 5.74) is 2.03. The van der Waals surface area contributed by atoms with Crippen LogP contribution in [0.1, 0.15) is 15.9 Å². The molecule has 4 nitrogen and oxygen atoms in total. The molecule has 4 rings (SSSR count). The number of hydrogen-bond acceptors (Lipinski definition) is 4. The molecule has 1 radical (unpaired) electrons. The molecular formula is C22H16NO3S. The molecule has 5 heteroatoms. The van der Waals surface area contributed by atoms with Crippen molar-refractivity contribution in [3.05, 3.63) is 99.7 Å². The van der Waals surface area contributed by atoms with Crippen molar-refractivity contribution in [1.29, 1.82) is 0 Å². The zero-order valence-corrected chi connectivity index (χ0v) is 15.2. The number of aromatic nitrogens is 1. The highest BCUT2D eigenvalue weighted by Crippen LogP contribution is 2.21. The van der Waals surface area contributed by atoms with Crippen molar-refractivity contribution in [2.45, 2.75) is 6.54 Å². The van der Waals surface area contributed by atoms with Crippen molar-refractivity contribution in [3.63, 3.8) is 0 Å². The third kappa shape index (κ3) is 3.68. The van der Waals surface area contributed by atoms with Crippen LogP contribution in [-0.4, -0.2) is 17.0 Å². The highest BCUT2D eigenvalue weighted by atomic mass is 32.1. The molecule has 0 amide bonds. The molecule has 0 spiro atoms. The highest BCUT2D eigenvalue weighted by molar-refractivity contribution is 7.16. The van der Waals surface area contributed by atoms with Gasteiger partial charge in [0, 0.05) is 11.1 Å². The summed E-state index contributed by atoms with van der Waals surface area (Å²) < 4.78 is 8.15. The molecule has 0 saturated carbocycles. The lowest BCUT2D eigenvalue weighted by Gasteiger charge is -2.07. The molecule has 1 heterocycles. The van der Waals surface area contributed by atoms with Gasteiger partial charge in [-0.05, 0) is 36.4 Å². The van der Waals surface area contributed by atoms with Crippen LogP contribution in [0, 0.1) is 6.07 Å². The minimum Gasteiger partial charge on any atom is -0.492 e. The van der Waals surface area contributed by atoms with E-state index >= 15 is 0 Å². The Kier molecular flexibility index (Phi) is 4.85. The zero-order valence-electron chi connectivity index (χ0n) is 14.4. The van der Waals surface area contributed by atoms with Gasteiger partial charge in [0.1, 0.15) is 12.4 Å². The van der Waals surface area contributed by atoms with E-state index < -0.39 is 0 Å². The Morgan fingerprint density at radius 3 is 2.67 bits per heavy atom. The molecule has 27 heavy (non-hydrogen) atoms. The molecule has 0 aliphatic carbocycles. The zero-order chi connectivity index (χ0) is 18.6. The lowest BCUT2D eigenvalue weighted by atomic mass is 10.0. The number of ether oxygens (including phenoxy) is 1. The second-order valence-electron chi connectivity index (χ2n) is 5.98. The van der Waals surface area contributed by atoms with Gasteiger partial charge in [0.15, 0.2) is 5.78 Å². The predicted molar refractivity (Wildman–Crippen MR) is 107 cm³/mol. The van der Waals surface area contributed by atoms with Crippen LogP contribution in [0.3, 0.4) is 0 Å². The molecule has 0 aliphatic heterocycles. The van der Waals surface area contributed by atoms with Crippen molar-refractivity contribution in [3.8, 4) is 5.75 Å². The van der Waals surface area contributed by atoms with Gasteiger partial charge >= 0.3 is 4.87 Å². The predicted octanol–water partition coefficient (Wildman–Crippen LogP) is 4.17. The Morgan fingerprint density at radius 1 is 1.04 bits per heavy atom. The van der Waals surface area contributed by atoms with E-state index in [4.69, 9.17) is 4.74 Å². The number of rotatable bonds is 6. The van der Waals surface area contributed by atoms with Gasteiger partial charge in [-0.2, -0.15) is 0 Å². The molecule has 0 aliphatic rings. The van der Waals surface area contributed by atoms with Gasteiger partial charge in [-0.25, -0.2) is 0 Å².